The van der Waals surface area contributed by atoms with Crippen LogP contribution in [-0.2, 0) is 0 Å². The highest BCUT2D eigenvalue weighted by Gasteiger charge is 2.07. The Bertz CT molecular complexity index is 948. The number of methoxy groups -OCH3 is 1. The van der Waals surface area contributed by atoms with Gasteiger partial charge < -0.3 is 10.1 Å². The highest BCUT2D eigenvalue weighted by Crippen LogP contribution is 2.29. The van der Waals surface area contributed by atoms with E-state index in [0.29, 0.717) is 5.82 Å². The van der Waals surface area contributed by atoms with Gasteiger partial charge in [-0.25, -0.2) is 4.98 Å². The summed E-state index contributed by atoms with van der Waals surface area (Å²) in [5.41, 5.74) is 2.78. The molecule has 0 aliphatic heterocycles. The van der Waals surface area contributed by atoms with Crippen LogP contribution in [0.4, 0.5) is 10.9 Å². The van der Waals surface area contributed by atoms with Crippen LogP contribution in [0, 0.1) is 0 Å². The third-order valence-electron chi connectivity index (χ3n) is 3.56. The predicted octanol–water partition coefficient (Wildman–Crippen LogP) is 5.08. The Morgan fingerprint density at radius 3 is 2.48 bits per heavy atom. The molecule has 3 heterocycles. The maximum atomic E-state index is 5.17. The van der Waals surface area contributed by atoms with Crippen LogP contribution >= 0.6 is 22.7 Å². The molecule has 0 spiro atoms. The minimum Gasteiger partial charge on any atom is -0.497 e. The monoisotopic (exact) mass is 366 g/mol. The Morgan fingerprint density at radius 2 is 1.80 bits per heavy atom. The van der Waals surface area contributed by atoms with Crippen LogP contribution in [0.5, 0.6) is 5.75 Å². The van der Waals surface area contributed by atoms with E-state index in [-0.39, 0.29) is 0 Å². The summed E-state index contributed by atoms with van der Waals surface area (Å²) in [6, 6.07) is 15.7. The SMILES string of the molecule is COc1ccc(-c2ccc(Nc3nc(-c4cccs4)cs3)nn2)cc1. The fourth-order valence-electron chi connectivity index (χ4n) is 2.29. The quantitative estimate of drug-likeness (QED) is 0.534. The van der Waals surface area contributed by atoms with E-state index < -0.39 is 0 Å². The molecule has 0 bridgehead atoms. The summed E-state index contributed by atoms with van der Waals surface area (Å²) in [4.78, 5) is 5.74. The number of ether oxygens (including phenoxy) is 1. The van der Waals surface area contributed by atoms with Crippen LogP contribution in [0.1, 0.15) is 0 Å². The molecule has 0 saturated carbocycles. The highest BCUT2D eigenvalue weighted by atomic mass is 32.1. The van der Waals surface area contributed by atoms with Crippen LogP contribution in [0.2, 0.25) is 0 Å². The van der Waals surface area contributed by atoms with Crippen molar-refractivity contribution in [2.24, 2.45) is 0 Å². The molecule has 0 radical (unpaired) electrons. The highest BCUT2D eigenvalue weighted by molar-refractivity contribution is 7.16. The standard InChI is InChI=1S/C18H14N4OS2/c1-23-13-6-4-12(5-7-13)14-8-9-17(22-21-14)20-18-19-15(11-25-18)16-3-2-10-24-16/h2-11H,1H3,(H,19,20,22). The van der Waals surface area contributed by atoms with Gasteiger partial charge in [-0.3, -0.25) is 0 Å². The Labute approximate surface area is 153 Å². The van der Waals surface area contributed by atoms with E-state index in [1.807, 2.05) is 53.2 Å². The number of nitrogens with zero attached hydrogens (tertiary/aromatic N) is 3. The molecular formula is C18H14N4OS2. The van der Waals surface area contributed by atoms with Crippen molar-refractivity contribution in [1.82, 2.24) is 15.2 Å². The molecule has 7 heteroatoms. The molecule has 0 aliphatic rings. The number of thiophene rings is 1. The smallest absolute Gasteiger partial charge is 0.188 e. The fraction of sp³-hybridized carbons (Fsp3) is 0.0556. The van der Waals surface area contributed by atoms with Crippen molar-refractivity contribution in [1.29, 1.82) is 0 Å². The lowest BCUT2D eigenvalue weighted by atomic mass is 10.1. The van der Waals surface area contributed by atoms with E-state index in [4.69, 9.17) is 4.74 Å². The molecule has 3 aromatic heterocycles. The van der Waals surface area contributed by atoms with Crippen molar-refractivity contribution in [3.8, 4) is 27.6 Å². The number of anilines is 2. The first-order valence-corrected chi connectivity index (χ1v) is 9.32. The molecule has 25 heavy (non-hydrogen) atoms. The summed E-state index contributed by atoms with van der Waals surface area (Å²) in [6.45, 7) is 0. The van der Waals surface area contributed by atoms with Crippen LogP contribution in [0.25, 0.3) is 21.8 Å². The second-order valence-electron chi connectivity index (χ2n) is 5.17. The van der Waals surface area contributed by atoms with E-state index in [0.717, 1.165) is 32.7 Å². The van der Waals surface area contributed by atoms with Crippen molar-refractivity contribution in [3.63, 3.8) is 0 Å². The van der Waals surface area contributed by atoms with Gasteiger partial charge in [0.05, 0.1) is 23.4 Å². The molecule has 4 aromatic rings. The molecule has 0 saturated heterocycles. The fourth-order valence-corrected chi connectivity index (χ4v) is 3.77. The molecule has 0 unspecified atom stereocenters. The molecule has 0 atom stereocenters. The van der Waals surface area contributed by atoms with Gasteiger partial charge in [0.15, 0.2) is 10.9 Å². The number of benzene rings is 1. The lowest BCUT2D eigenvalue weighted by Gasteiger charge is -2.04. The van der Waals surface area contributed by atoms with E-state index in [9.17, 15) is 0 Å². The number of hydrogen-bond acceptors (Lipinski definition) is 7. The van der Waals surface area contributed by atoms with Crippen molar-refractivity contribution < 1.29 is 4.74 Å². The first-order chi connectivity index (χ1) is 12.3. The summed E-state index contributed by atoms with van der Waals surface area (Å²) in [6.07, 6.45) is 0. The Kier molecular flexibility index (Phi) is 4.41. The summed E-state index contributed by atoms with van der Waals surface area (Å²) in [7, 11) is 1.65. The lowest BCUT2D eigenvalue weighted by Crippen LogP contribution is -1.96. The van der Waals surface area contributed by atoms with E-state index in [1.165, 1.54) is 0 Å². The van der Waals surface area contributed by atoms with Crippen LogP contribution < -0.4 is 10.1 Å². The first kappa shape index (κ1) is 15.7. The van der Waals surface area contributed by atoms with Crippen LogP contribution in [-0.4, -0.2) is 22.3 Å². The molecule has 4 rings (SSSR count). The van der Waals surface area contributed by atoms with Crippen molar-refractivity contribution >= 4 is 33.6 Å². The second-order valence-corrected chi connectivity index (χ2v) is 6.98. The summed E-state index contributed by atoms with van der Waals surface area (Å²) >= 11 is 3.23. The first-order valence-electron chi connectivity index (χ1n) is 7.56. The topological polar surface area (TPSA) is 59.9 Å². The van der Waals surface area contributed by atoms with E-state index >= 15 is 0 Å². The van der Waals surface area contributed by atoms with Crippen LogP contribution in [0.3, 0.4) is 0 Å². The molecule has 5 nitrogen and oxygen atoms in total. The number of rotatable bonds is 5. The molecular weight excluding hydrogens is 352 g/mol. The van der Waals surface area contributed by atoms with Crippen molar-refractivity contribution in [3.05, 3.63) is 59.3 Å². The molecule has 124 valence electrons. The lowest BCUT2D eigenvalue weighted by molar-refractivity contribution is 0.415. The molecule has 1 aromatic carbocycles. The average molecular weight is 366 g/mol. The van der Waals surface area contributed by atoms with Gasteiger partial charge in [0.2, 0.25) is 0 Å². The molecule has 0 aliphatic carbocycles. The summed E-state index contributed by atoms with van der Waals surface area (Å²) < 4.78 is 5.17. The zero-order valence-corrected chi connectivity index (χ0v) is 15.0. The van der Waals surface area contributed by atoms with Crippen molar-refractivity contribution in [2.45, 2.75) is 0 Å². The van der Waals surface area contributed by atoms with Gasteiger partial charge in [0, 0.05) is 10.9 Å². The maximum absolute atomic E-state index is 5.17. The minimum atomic E-state index is 0.671. The van der Waals surface area contributed by atoms with Crippen molar-refractivity contribution in [2.75, 3.05) is 12.4 Å². The Balaban J connectivity index is 1.48. The zero-order valence-electron chi connectivity index (χ0n) is 13.3. The average Bonchev–Trinajstić information content (AvgIpc) is 3.34. The Hall–Kier alpha value is -2.77. The number of aromatic nitrogens is 3. The number of thiazole rings is 1. The van der Waals surface area contributed by atoms with Gasteiger partial charge in [0.1, 0.15) is 5.75 Å². The summed E-state index contributed by atoms with van der Waals surface area (Å²) in [5, 5.41) is 16.6. The van der Waals surface area contributed by atoms with Gasteiger partial charge in [0.25, 0.3) is 0 Å². The minimum absolute atomic E-state index is 0.671. The molecule has 0 amide bonds. The van der Waals surface area contributed by atoms with Gasteiger partial charge >= 0.3 is 0 Å². The van der Waals surface area contributed by atoms with Crippen LogP contribution in [0.15, 0.2) is 59.3 Å². The Morgan fingerprint density at radius 1 is 0.920 bits per heavy atom. The second kappa shape index (κ2) is 7.00. The van der Waals surface area contributed by atoms with Gasteiger partial charge in [-0.2, -0.15) is 0 Å². The normalized spacial score (nSPS) is 10.6. The zero-order chi connectivity index (χ0) is 17.1. The summed E-state index contributed by atoms with van der Waals surface area (Å²) in [5.74, 6) is 1.49. The predicted molar refractivity (Wildman–Crippen MR) is 103 cm³/mol. The van der Waals surface area contributed by atoms with E-state index in [2.05, 4.69) is 26.6 Å². The number of hydrogen-bond donors (Lipinski definition) is 1. The maximum Gasteiger partial charge on any atom is 0.188 e. The molecule has 0 fully saturated rings. The van der Waals surface area contributed by atoms with Gasteiger partial charge in [-0.1, -0.05) is 6.07 Å². The van der Waals surface area contributed by atoms with Gasteiger partial charge in [-0.05, 0) is 47.8 Å². The largest absolute Gasteiger partial charge is 0.497 e. The molecule has 1 N–H and O–H groups in total. The van der Waals surface area contributed by atoms with E-state index in [1.54, 1.807) is 29.8 Å². The third-order valence-corrected chi connectivity index (χ3v) is 5.21. The third kappa shape index (κ3) is 3.52. The van der Waals surface area contributed by atoms with Gasteiger partial charge in [-0.15, -0.1) is 32.9 Å². The number of nitrogens with one attached hydrogen (secondary N) is 1.